The average Bonchev–Trinajstić information content (AvgIpc) is 2.39. The summed E-state index contributed by atoms with van der Waals surface area (Å²) < 4.78 is 11.7. The van der Waals surface area contributed by atoms with Crippen LogP contribution in [0.2, 0.25) is 0 Å². The molecule has 0 fully saturated rings. The molecule has 0 aliphatic rings. The molecule has 0 aliphatic carbocycles. The number of amides is 1. The lowest BCUT2D eigenvalue weighted by molar-refractivity contribution is -0.115. The van der Waals surface area contributed by atoms with Crippen LogP contribution in [0.3, 0.4) is 0 Å². The van der Waals surface area contributed by atoms with Crippen molar-refractivity contribution >= 4 is 16.7 Å². The van der Waals surface area contributed by atoms with Crippen molar-refractivity contribution in [1.29, 1.82) is 0 Å². The van der Waals surface area contributed by atoms with E-state index >= 15 is 0 Å². The Bertz CT molecular complexity index is 596. The van der Waals surface area contributed by atoms with Crippen LogP contribution < -0.4 is 5.73 Å². The zero-order valence-corrected chi connectivity index (χ0v) is 11.2. The number of carbonyl (C=O) groups is 1. The first kappa shape index (κ1) is 13.5. The molecular weight excluding hydrogens is 258 g/mol. The highest BCUT2D eigenvalue weighted by Gasteiger charge is 2.06. The fourth-order valence-electron chi connectivity index (χ4n) is 1.87. The maximum Gasteiger partial charge on any atom is 0.230 e. The Labute approximate surface area is 114 Å². The van der Waals surface area contributed by atoms with Crippen molar-refractivity contribution in [2.24, 2.45) is 5.73 Å². The first-order valence-corrected chi connectivity index (χ1v) is 7.41. The molecule has 0 aliphatic heterocycles. The van der Waals surface area contributed by atoms with Gasteiger partial charge < -0.3 is 5.73 Å². The SMILES string of the molecule is NC(=O)C[S@](=O)Cc1cccc(-c2ccccc2)c1. The molecule has 98 valence electrons. The van der Waals surface area contributed by atoms with Crippen LogP contribution in [-0.4, -0.2) is 15.9 Å². The summed E-state index contributed by atoms with van der Waals surface area (Å²) in [4.78, 5) is 10.7. The van der Waals surface area contributed by atoms with Crippen LogP contribution in [0.1, 0.15) is 5.56 Å². The summed E-state index contributed by atoms with van der Waals surface area (Å²) >= 11 is 0. The number of hydrogen-bond donors (Lipinski definition) is 1. The molecule has 0 bridgehead atoms. The van der Waals surface area contributed by atoms with Crippen molar-refractivity contribution in [2.45, 2.75) is 5.75 Å². The van der Waals surface area contributed by atoms with E-state index in [0.717, 1.165) is 16.7 Å². The Hall–Kier alpha value is -1.94. The third kappa shape index (κ3) is 4.03. The molecule has 2 aromatic carbocycles. The van der Waals surface area contributed by atoms with Crippen LogP contribution in [-0.2, 0) is 21.3 Å². The van der Waals surface area contributed by atoms with Gasteiger partial charge in [0.25, 0.3) is 0 Å². The molecule has 2 N–H and O–H groups in total. The number of carbonyl (C=O) groups excluding carboxylic acids is 1. The van der Waals surface area contributed by atoms with Crippen molar-refractivity contribution in [1.82, 2.24) is 0 Å². The molecule has 19 heavy (non-hydrogen) atoms. The number of nitrogens with two attached hydrogens (primary N) is 1. The molecule has 0 saturated heterocycles. The Morgan fingerprint density at radius 1 is 1.00 bits per heavy atom. The van der Waals surface area contributed by atoms with Gasteiger partial charge in [-0.05, 0) is 16.7 Å². The first-order valence-electron chi connectivity index (χ1n) is 5.93. The molecular formula is C15H15NO2S. The molecule has 0 spiro atoms. The Morgan fingerprint density at radius 2 is 1.68 bits per heavy atom. The van der Waals surface area contributed by atoms with Gasteiger partial charge in [0.2, 0.25) is 5.91 Å². The van der Waals surface area contributed by atoms with Gasteiger partial charge >= 0.3 is 0 Å². The zero-order chi connectivity index (χ0) is 13.7. The van der Waals surface area contributed by atoms with Crippen molar-refractivity contribution in [3.63, 3.8) is 0 Å². The van der Waals surface area contributed by atoms with E-state index in [1.807, 2.05) is 54.6 Å². The fraction of sp³-hybridized carbons (Fsp3) is 0.133. The molecule has 1 atom stereocenters. The number of rotatable bonds is 5. The van der Waals surface area contributed by atoms with Gasteiger partial charge in [0.1, 0.15) is 5.75 Å². The summed E-state index contributed by atoms with van der Waals surface area (Å²) in [5, 5.41) is 0. The summed E-state index contributed by atoms with van der Waals surface area (Å²) in [5.41, 5.74) is 8.18. The van der Waals surface area contributed by atoms with E-state index in [-0.39, 0.29) is 5.75 Å². The summed E-state index contributed by atoms with van der Waals surface area (Å²) in [6.45, 7) is 0. The fourth-order valence-corrected chi connectivity index (χ4v) is 2.84. The molecule has 2 rings (SSSR count). The molecule has 1 amide bonds. The summed E-state index contributed by atoms with van der Waals surface area (Å²) in [6, 6.07) is 17.8. The minimum atomic E-state index is -1.24. The lowest BCUT2D eigenvalue weighted by atomic mass is 10.0. The topological polar surface area (TPSA) is 60.2 Å². The van der Waals surface area contributed by atoms with Gasteiger partial charge in [-0.15, -0.1) is 0 Å². The van der Waals surface area contributed by atoms with Crippen LogP contribution in [0.25, 0.3) is 11.1 Å². The predicted molar refractivity (Wildman–Crippen MR) is 77.8 cm³/mol. The van der Waals surface area contributed by atoms with Crippen LogP contribution in [0.4, 0.5) is 0 Å². The Kier molecular flexibility index (Phi) is 4.47. The molecule has 0 aromatic heterocycles. The van der Waals surface area contributed by atoms with E-state index in [4.69, 9.17) is 5.73 Å². The van der Waals surface area contributed by atoms with E-state index in [0.29, 0.717) is 5.75 Å². The Morgan fingerprint density at radius 3 is 2.37 bits per heavy atom. The summed E-state index contributed by atoms with van der Waals surface area (Å²) in [6.07, 6.45) is 0. The minimum absolute atomic E-state index is 0.0877. The smallest absolute Gasteiger partial charge is 0.230 e. The van der Waals surface area contributed by atoms with Gasteiger partial charge in [-0.25, -0.2) is 0 Å². The van der Waals surface area contributed by atoms with E-state index in [2.05, 4.69) is 0 Å². The van der Waals surface area contributed by atoms with Crippen molar-refractivity contribution in [3.05, 3.63) is 60.2 Å². The van der Waals surface area contributed by atoms with E-state index in [1.54, 1.807) is 0 Å². The normalized spacial score (nSPS) is 12.0. The zero-order valence-electron chi connectivity index (χ0n) is 10.4. The van der Waals surface area contributed by atoms with Crippen molar-refractivity contribution < 1.29 is 9.00 Å². The van der Waals surface area contributed by atoms with Crippen molar-refractivity contribution in [2.75, 3.05) is 5.75 Å². The first-order chi connectivity index (χ1) is 9.15. The van der Waals surface area contributed by atoms with Crippen LogP contribution in [0.5, 0.6) is 0 Å². The van der Waals surface area contributed by atoms with Gasteiger partial charge in [0, 0.05) is 16.6 Å². The number of primary amides is 1. The van der Waals surface area contributed by atoms with Crippen LogP contribution in [0.15, 0.2) is 54.6 Å². The molecule has 0 unspecified atom stereocenters. The second-order valence-corrected chi connectivity index (χ2v) is 5.72. The van der Waals surface area contributed by atoms with Crippen LogP contribution >= 0.6 is 0 Å². The highest BCUT2D eigenvalue weighted by Crippen LogP contribution is 2.20. The summed E-state index contributed by atoms with van der Waals surface area (Å²) in [7, 11) is -1.24. The Balaban J connectivity index is 2.16. The molecule has 0 saturated carbocycles. The standard InChI is InChI=1S/C15H15NO2S/c16-15(17)11-19(18)10-12-5-4-8-14(9-12)13-6-2-1-3-7-13/h1-9H,10-11H2,(H2,16,17)/t19-/m1/s1. The lowest BCUT2D eigenvalue weighted by Gasteiger charge is -2.05. The van der Waals surface area contributed by atoms with Gasteiger partial charge in [0.05, 0.1) is 0 Å². The van der Waals surface area contributed by atoms with Crippen molar-refractivity contribution in [3.8, 4) is 11.1 Å². The monoisotopic (exact) mass is 273 g/mol. The van der Waals surface area contributed by atoms with E-state index in [1.165, 1.54) is 0 Å². The molecule has 0 heterocycles. The minimum Gasteiger partial charge on any atom is -0.369 e. The quantitative estimate of drug-likeness (QED) is 0.906. The molecule has 4 heteroatoms. The highest BCUT2D eigenvalue weighted by atomic mass is 32.2. The largest absolute Gasteiger partial charge is 0.369 e. The maximum atomic E-state index is 11.7. The third-order valence-electron chi connectivity index (χ3n) is 2.67. The molecule has 2 aromatic rings. The molecule has 0 radical (unpaired) electrons. The summed E-state index contributed by atoms with van der Waals surface area (Å²) in [5.74, 6) is -0.267. The lowest BCUT2D eigenvalue weighted by Crippen LogP contribution is -2.20. The molecule has 3 nitrogen and oxygen atoms in total. The van der Waals surface area contributed by atoms with E-state index < -0.39 is 16.7 Å². The predicted octanol–water partition coefficient (Wildman–Crippen LogP) is 2.09. The second kappa shape index (κ2) is 6.29. The maximum absolute atomic E-state index is 11.7. The highest BCUT2D eigenvalue weighted by molar-refractivity contribution is 7.84. The van der Waals surface area contributed by atoms with E-state index in [9.17, 15) is 9.00 Å². The van der Waals surface area contributed by atoms with Gasteiger partial charge in [-0.3, -0.25) is 9.00 Å². The van der Waals surface area contributed by atoms with Crippen LogP contribution in [0, 0.1) is 0 Å². The third-order valence-corrected chi connectivity index (χ3v) is 3.93. The van der Waals surface area contributed by atoms with Gasteiger partial charge in [-0.1, -0.05) is 54.6 Å². The number of benzene rings is 2. The second-order valence-electron chi connectivity index (χ2n) is 4.26. The average molecular weight is 273 g/mol. The van der Waals surface area contributed by atoms with Gasteiger partial charge in [0.15, 0.2) is 0 Å². The van der Waals surface area contributed by atoms with Gasteiger partial charge in [-0.2, -0.15) is 0 Å². The number of hydrogen-bond acceptors (Lipinski definition) is 2.